The molecule has 0 aliphatic rings. The Balaban J connectivity index is 0.000000225. The predicted molar refractivity (Wildman–Crippen MR) is 152 cm³/mol. The molecule has 4 heteroatoms. The molecule has 0 saturated carbocycles. The van der Waals surface area contributed by atoms with E-state index >= 15 is 0 Å². The molecule has 5 aromatic carbocycles. The topological polar surface area (TPSA) is 0 Å². The maximum Gasteiger partial charge on any atom is -0.0809 e. The fraction of sp³-hybridized carbons (Fsp3) is 0.200. The Labute approximate surface area is 226 Å². The smallest absolute Gasteiger partial charge is 0.0809 e. The molecular weight excluding hydrogens is 551 g/mol. The minimum Gasteiger partial charge on any atom is -0.168 e. The van der Waals surface area contributed by atoms with Crippen molar-refractivity contribution in [1.82, 2.24) is 0 Å². The van der Waals surface area contributed by atoms with Crippen molar-refractivity contribution in [3.05, 3.63) is 108 Å². The van der Waals surface area contributed by atoms with Crippen LogP contribution in [0, 0.1) is 6.92 Å². The van der Waals surface area contributed by atoms with E-state index < -0.39 is 20.8 Å². The molecule has 0 N–H and O–H groups in total. The van der Waals surface area contributed by atoms with Crippen LogP contribution in [0.2, 0.25) is 13.1 Å². The van der Waals surface area contributed by atoms with Gasteiger partial charge in [-0.2, -0.15) is 23.6 Å². The monoisotopic (exact) mass is 580 g/mol. The predicted octanol–water partition coefficient (Wildman–Crippen LogP) is 10.2. The number of hydrogen-bond donors (Lipinski definition) is 0. The van der Waals surface area contributed by atoms with Crippen LogP contribution in [-0.2, 0) is 27.3 Å². The Hall–Kier alpha value is -1.44. The summed E-state index contributed by atoms with van der Waals surface area (Å²) in [5.41, 5.74) is 5.42. The van der Waals surface area contributed by atoms with Crippen LogP contribution in [-0.4, -0.2) is 9.52 Å². The summed E-state index contributed by atoms with van der Waals surface area (Å²) in [6.45, 7) is 8.67. The number of fused-ring (bicyclic) bond motifs is 2. The van der Waals surface area contributed by atoms with Crippen LogP contribution < -0.4 is 0 Å². The van der Waals surface area contributed by atoms with Crippen molar-refractivity contribution >= 4 is 48.1 Å². The Kier molecular flexibility index (Phi) is 13.8. The number of aryl methyl sites for hydroxylation is 2. The zero-order chi connectivity index (χ0) is 24.8. The van der Waals surface area contributed by atoms with Crippen LogP contribution in [0.3, 0.4) is 0 Å². The van der Waals surface area contributed by atoms with Crippen molar-refractivity contribution in [3.8, 4) is 11.1 Å². The second kappa shape index (κ2) is 16.3. The molecular formula is C30H32Cl2SiZr. The zero-order valence-electron chi connectivity index (χ0n) is 20.4. The molecule has 0 spiro atoms. The Bertz CT molecular complexity index is 1190. The maximum atomic E-state index is 4.93. The van der Waals surface area contributed by atoms with Gasteiger partial charge in [0.2, 0.25) is 0 Å². The molecule has 174 valence electrons. The summed E-state index contributed by atoms with van der Waals surface area (Å²) in [7, 11) is 11.0. The summed E-state index contributed by atoms with van der Waals surface area (Å²) in [4.78, 5) is 0. The Morgan fingerprint density at radius 1 is 0.853 bits per heavy atom. The van der Waals surface area contributed by atoms with Gasteiger partial charge in [-0.15, -0.1) is 64.2 Å². The van der Waals surface area contributed by atoms with Gasteiger partial charge in [0.25, 0.3) is 0 Å². The number of hydrogen-bond acceptors (Lipinski definition) is 0. The largest absolute Gasteiger partial charge is 0.168 e. The van der Waals surface area contributed by atoms with E-state index in [4.69, 9.17) is 17.0 Å². The minimum atomic E-state index is -0.826. The molecule has 0 atom stereocenters. The molecule has 5 aromatic rings. The van der Waals surface area contributed by atoms with Gasteiger partial charge in [-0.3, -0.25) is 0 Å². The molecule has 0 bridgehead atoms. The molecule has 0 saturated heterocycles. The molecule has 0 heterocycles. The molecule has 0 aromatic heterocycles. The molecule has 2 radical (unpaired) electrons. The average Bonchev–Trinajstić information content (AvgIpc) is 3.48. The van der Waals surface area contributed by atoms with E-state index in [9.17, 15) is 0 Å². The Morgan fingerprint density at radius 3 is 2.15 bits per heavy atom. The normalized spacial score (nSPS) is 9.71. The Morgan fingerprint density at radius 2 is 1.50 bits per heavy atom. The van der Waals surface area contributed by atoms with Gasteiger partial charge in [0.05, 0.1) is 0 Å². The fourth-order valence-corrected chi connectivity index (χ4v) is 3.78. The zero-order valence-corrected chi connectivity index (χ0v) is 25.4. The van der Waals surface area contributed by atoms with Crippen LogP contribution in [0.25, 0.3) is 32.7 Å². The van der Waals surface area contributed by atoms with Gasteiger partial charge >= 0.3 is 37.9 Å². The van der Waals surface area contributed by atoms with Crippen molar-refractivity contribution in [2.24, 2.45) is 0 Å². The van der Waals surface area contributed by atoms with Crippen molar-refractivity contribution in [2.75, 3.05) is 0 Å². The van der Waals surface area contributed by atoms with Gasteiger partial charge in [-0.05, 0) is 18.9 Å². The first kappa shape index (κ1) is 28.8. The summed E-state index contributed by atoms with van der Waals surface area (Å²) in [5.74, 6) is 0. The third kappa shape index (κ3) is 8.97. The fourth-order valence-electron chi connectivity index (χ4n) is 3.78. The van der Waals surface area contributed by atoms with E-state index in [-0.39, 0.29) is 0 Å². The molecule has 0 amide bonds. The van der Waals surface area contributed by atoms with Gasteiger partial charge in [0, 0.05) is 9.52 Å². The summed E-state index contributed by atoms with van der Waals surface area (Å²) >= 11 is -0.826. The summed E-state index contributed by atoms with van der Waals surface area (Å²) in [6, 6.07) is 34.8. The van der Waals surface area contributed by atoms with E-state index in [1.165, 1.54) is 56.6 Å². The molecule has 0 aliphatic carbocycles. The molecule has 5 rings (SSSR count). The summed E-state index contributed by atoms with van der Waals surface area (Å²) in [6.07, 6.45) is 2.37. The molecule has 34 heavy (non-hydrogen) atoms. The molecule has 0 aliphatic heterocycles. The van der Waals surface area contributed by atoms with E-state index in [1.54, 1.807) is 0 Å². The second-order valence-electron chi connectivity index (χ2n) is 8.01. The number of halogens is 2. The SMILES string of the molecule is CCCc1cc2c(-c3ccc(C)cc3)cccc2[cH-]1.C[Si]C.[Cl][Zr+2][Cl].c1ccc2[cH-]ccc2c1. The second-order valence-corrected chi connectivity index (χ2v) is 12.7. The third-order valence-electron chi connectivity index (χ3n) is 5.26. The summed E-state index contributed by atoms with van der Waals surface area (Å²) < 4.78 is 0. The van der Waals surface area contributed by atoms with Gasteiger partial charge in [-0.1, -0.05) is 74.0 Å². The maximum absolute atomic E-state index is 4.93. The minimum absolute atomic E-state index is 0.826. The van der Waals surface area contributed by atoms with Crippen molar-refractivity contribution in [1.29, 1.82) is 0 Å². The summed E-state index contributed by atoms with van der Waals surface area (Å²) in [5, 5.41) is 5.41. The van der Waals surface area contributed by atoms with Crippen molar-refractivity contribution in [3.63, 3.8) is 0 Å². The first-order valence-corrected chi connectivity index (χ1v) is 19.8. The third-order valence-corrected chi connectivity index (χ3v) is 5.26. The van der Waals surface area contributed by atoms with Crippen LogP contribution >= 0.6 is 17.0 Å². The van der Waals surface area contributed by atoms with Gasteiger partial charge in [-0.25, -0.2) is 0 Å². The first-order valence-electron chi connectivity index (χ1n) is 11.5. The van der Waals surface area contributed by atoms with E-state index in [0.717, 1.165) is 9.52 Å². The molecule has 0 nitrogen and oxygen atoms in total. The number of rotatable bonds is 3. The van der Waals surface area contributed by atoms with Crippen molar-refractivity contribution < 1.29 is 20.8 Å². The van der Waals surface area contributed by atoms with Crippen LogP contribution in [0.4, 0.5) is 0 Å². The molecule has 0 unspecified atom stereocenters. The molecule has 0 fully saturated rings. The van der Waals surface area contributed by atoms with E-state index in [1.807, 2.05) is 0 Å². The van der Waals surface area contributed by atoms with E-state index in [0.29, 0.717) is 0 Å². The van der Waals surface area contributed by atoms with Crippen LogP contribution in [0.1, 0.15) is 24.5 Å². The quantitative estimate of drug-likeness (QED) is 0.147. The van der Waals surface area contributed by atoms with E-state index in [2.05, 4.69) is 124 Å². The average molecular weight is 583 g/mol. The van der Waals surface area contributed by atoms with Gasteiger partial charge in [0.1, 0.15) is 0 Å². The first-order chi connectivity index (χ1) is 16.6. The van der Waals surface area contributed by atoms with Gasteiger partial charge < -0.3 is 0 Å². The van der Waals surface area contributed by atoms with Gasteiger partial charge in [0.15, 0.2) is 0 Å². The van der Waals surface area contributed by atoms with Crippen molar-refractivity contribution in [2.45, 2.75) is 39.8 Å². The number of benzene rings is 3. The van der Waals surface area contributed by atoms with Crippen LogP contribution in [0.5, 0.6) is 0 Å². The van der Waals surface area contributed by atoms with Crippen LogP contribution in [0.15, 0.2) is 97.1 Å². The standard InChI is InChI=1S/C19H19.C9H7.C2H6Si.2ClH.Zr/c1-3-5-15-12-17-6-4-7-18(19(17)13-15)16-10-8-14(2)9-11-16;1-2-5-9-7-3-6-8(9)4-1;1-3-2;;;/h4,6-13H,3,5H2,1-2H3;1-7H;1-2H3;2*1H;/q2*-1;;;;+4/p-2.